The van der Waals surface area contributed by atoms with Crippen molar-refractivity contribution >= 4 is 0 Å². The number of hydrogen-bond donors (Lipinski definition) is 0. The van der Waals surface area contributed by atoms with Crippen LogP contribution in [0.5, 0.6) is 0 Å². The van der Waals surface area contributed by atoms with Gasteiger partial charge in [0.1, 0.15) is 0 Å². The lowest BCUT2D eigenvalue weighted by atomic mass is 9.45. The lowest BCUT2D eigenvalue weighted by molar-refractivity contribution is -0.213. The summed E-state index contributed by atoms with van der Waals surface area (Å²) in [6.07, 6.45) is 10.5. The van der Waals surface area contributed by atoms with Crippen LogP contribution in [0.2, 0.25) is 0 Å². The van der Waals surface area contributed by atoms with E-state index >= 15 is 0 Å². The topological polar surface area (TPSA) is 21.7 Å². The smallest absolute Gasteiger partial charge is 0.0843 e. The third kappa shape index (κ3) is 2.34. The van der Waals surface area contributed by atoms with Gasteiger partial charge in [0.25, 0.3) is 0 Å². The molecule has 0 aromatic heterocycles. The lowest BCUT2D eigenvalue weighted by Gasteiger charge is -2.62. The van der Waals surface area contributed by atoms with Crippen LogP contribution in [-0.4, -0.2) is 49.0 Å². The first-order chi connectivity index (χ1) is 12.1. The Labute approximate surface area is 153 Å². The first kappa shape index (κ1) is 17.0. The molecule has 3 unspecified atom stereocenters. The summed E-state index contributed by atoms with van der Waals surface area (Å²) in [6.45, 7) is 11.8. The Morgan fingerprint density at radius 1 is 0.960 bits per heavy atom. The third-order valence-electron chi connectivity index (χ3n) is 9.56. The Kier molecular flexibility index (Phi) is 4.04. The van der Waals surface area contributed by atoms with E-state index in [0.717, 1.165) is 36.9 Å². The van der Waals surface area contributed by atoms with Gasteiger partial charge in [0.15, 0.2) is 0 Å². The van der Waals surface area contributed by atoms with Gasteiger partial charge in [-0.2, -0.15) is 0 Å². The van der Waals surface area contributed by atoms with Crippen LogP contribution in [0.1, 0.15) is 65.7 Å². The summed E-state index contributed by atoms with van der Waals surface area (Å²) in [7, 11) is 0. The fourth-order valence-corrected chi connectivity index (χ4v) is 8.27. The molecule has 5 aliphatic rings. The molecule has 5 fully saturated rings. The van der Waals surface area contributed by atoms with Crippen molar-refractivity contribution in [2.75, 3.05) is 26.3 Å². The predicted octanol–water partition coefficient (Wildman–Crippen LogP) is 4.11. The van der Waals surface area contributed by atoms with Crippen LogP contribution in [0.25, 0.3) is 0 Å². The average Bonchev–Trinajstić information content (AvgIpc) is 2.96. The van der Waals surface area contributed by atoms with Gasteiger partial charge in [-0.05, 0) is 94.0 Å². The SMILES string of the molecule is CCN1CC[C@H]2[C@@H]3CCC4CC5OCCOC5C[C@]4(C)[C@H]3CC[C@@]21C. The van der Waals surface area contributed by atoms with E-state index in [2.05, 4.69) is 25.7 Å². The second-order valence-corrected chi connectivity index (χ2v) is 10.2. The molecule has 8 atom stereocenters. The summed E-state index contributed by atoms with van der Waals surface area (Å²) in [5, 5.41) is 0. The Morgan fingerprint density at radius 3 is 2.56 bits per heavy atom. The number of nitrogens with zero attached hydrogens (tertiary/aromatic N) is 1. The highest BCUT2D eigenvalue weighted by Crippen LogP contribution is 2.64. The van der Waals surface area contributed by atoms with Gasteiger partial charge in [-0.25, -0.2) is 0 Å². The van der Waals surface area contributed by atoms with E-state index in [1.807, 2.05) is 0 Å². The van der Waals surface area contributed by atoms with Gasteiger partial charge >= 0.3 is 0 Å². The summed E-state index contributed by atoms with van der Waals surface area (Å²) in [6, 6.07) is 0. The highest BCUT2D eigenvalue weighted by Gasteiger charge is 2.61. The van der Waals surface area contributed by atoms with E-state index in [-0.39, 0.29) is 0 Å². The molecule has 25 heavy (non-hydrogen) atoms. The summed E-state index contributed by atoms with van der Waals surface area (Å²) < 4.78 is 12.3. The van der Waals surface area contributed by atoms with Crippen molar-refractivity contribution in [1.29, 1.82) is 0 Å². The minimum atomic E-state index is 0.373. The van der Waals surface area contributed by atoms with Crippen molar-refractivity contribution in [3.63, 3.8) is 0 Å². The van der Waals surface area contributed by atoms with Gasteiger partial charge in [0.2, 0.25) is 0 Å². The molecule has 3 aliphatic carbocycles. The van der Waals surface area contributed by atoms with Crippen LogP contribution in [-0.2, 0) is 9.47 Å². The van der Waals surface area contributed by atoms with Crippen molar-refractivity contribution in [1.82, 2.24) is 4.90 Å². The minimum absolute atomic E-state index is 0.373. The number of ether oxygens (including phenoxy) is 2. The normalized spacial score (nSPS) is 55.8. The van der Waals surface area contributed by atoms with E-state index in [0.29, 0.717) is 23.2 Å². The van der Waals surface area contributed by atoms with E-state index in [9.17, 15) is 0 Å². The Hall–Kier alpha value is -0.120. The van der Waals surface area contributed by atoms with Crippen LogP contribution >= 0.6 is 0 Å². The van der Waals surface area contributed by atoms with Gasteiger partial charge < -0.3 is 9.47 Å². The molecule has 3 saturated carbocycles. The van der Waals surface area contributed by atoms with Gasteiger partial charge in [-0.15, -0.1) is 0 Å². The highest BCUT2D eigenvalue weighted by atomic mass is 16.6. The monoisotopic (exact) mass is 347 g/mol. The average molecular weight is 348 g/mol. The van der Waals surface area contributed by atoms with Crippen molar-refractivity contribution < 1.29 is 9.47 Å². The van der Waals surface area contributed by atoms with Crippen LogP contribution in [0.3, 0.4) is 0 Å². The van der Waals surface area contributed by atoms with E-state index in [1.54, 1.807) is 0 Å². The van der Waals surface area contributed by atoms with Gasteiger partial charge in [0.05, 0.1) is 25.4 Å². The highest BCUT2D eigenvalue weighted by molar-refractivity contribution is 5.12. The molecule has 0 radical (unpaired) electrons. The standard InChI is InChI=1S/C22H37NO2/c1-4-23-10-8-18-16-6-5-15-13-19-20(25-12-11-24-19)14-21(15,2)17(16)7-9-22(18,23)3/h15-20H,4-14H2,1-3H3/t15?,16-,17+,18+,19?,20?,21+,22+/m1/s1. The number of likely N-dealkylation sites (tertiary alicyclic amines) is 1. The molecule has 3 heteroatoms. The molecule has 0 aromatic rings. The predicted molar refractivity (Wildman–Crippen MR) is 99.5 cm³/mol. The second kappa shape index (κ2) is 5.94. The minimum Gasteiger partial charge on any atom is -0.373 e. The van der Waals surface area contributed by atoms with E-state index in [4.69, 9.17) is 9.47 Å². The first-order valence-corrected chi connectivity index (χ1v) is 11.0. The fraction of sp³-hybridized carbons (Fsp3) is 1.00. The maximum absolute atomic E-state index is 6.18. The number of hydrogen-bond acceptors (Lipinski definition) is 3. The number of rotatable bonds is 1. The van der Waals surface area contributed by atoms with Gasteiger partial charge in [-0.1, -0.05) is 13.8 Å². The van der Waals surface area contributed by atoms with Crippen molar-refractivity contribution in [3.8, 4) is 0 Å². The van der Waals surface area contributed by atoms with Gasteiger partial charge in [0, 0.05) is 5.54 Å². The summed E-state index contributed by atoms with van der Waals surface area (Å²) in [5.41, 5.74) is 0.979. The molecule has 0 spiro atoms. The van der Waals surface area contributed by atoms with Crippen molar-refractivity contribution in [2.45, 2.75) is 83.5 Å². The third-order valence-corrected chi connectivity index (χ3v) is 9.56. The zero-order valence-electron chi connectivity index (χ0n) is 16.5. The molecular weight excluding hydrogens is 310 g/mol. The Bertz CT molecular complexity index is 524. The van der Waals surface area contributed by atoms with Crippen molar-refractivity contribution in [2.24, 2.45) is 29.1 Å². The lowest BCUT2D eigenvalue weighted by Crippen LogP contribution is -2.60. The molecular formula is C22H37NO2. The maximum Gasteiger partial charge on any atom is 0.0843 e. The quantitative estimate of drug-likeness (QED) is 0.712. The van der Waals surface area contributed by atoms with Gasteiger partial charge in [-0.3, -0.25) is 4.90 Å². The van der Waals surface area contributed by atoms with Crippen molar-refractivity contribution in [3.05, 3.63) is 0 Å². The van der Waals surface area contributed by atoms with E-state index in [1.165, 1.54) is 58.0 Å². The molecule has 3 nitrogen and oxygen atoms in total. The molecule has 2 heterocycles. The summed E-state index contributed by atoms with van der Waals surface area (Å²) in [5.74, 6) is 3.68. The summed E-state index contributed by atoms with van der Waals surface area (Å²) in [4.78, 5) is 2.80. The summed E-state index contributed by atoms with van der Waals surface area (Å²) >= 11 is 0. The second-order valence-electron chi connectivity index (χ2n) is 10.2. The molecule has 0 amide bonds. The Morgan fingerprint density at radius 2 is 1.76 bits per heavy atom. The van der Waals surface area contributed by atoms with Crippen LogP contribution in [0.4, 0.5) is 0 Å². The number of fused-ring (bicyclic) bond motifs is 6. The Balaban J connectivity index is 1.42. The van der Waals surface area contributed by atoms with E-state index < -0.39 is 0 Å². The molecule has 0 bridgehead atoms. The van der Waals surface area contributed by atoms with Crippen LogP contribution in [0, 0.1) is 29.1 Å². The largest absolute Gasteiger partial charge is 0.373 e. The zero-order chi connectivity index (χ0) is 17.2. The molecule has 2 saturated heterocycles. The fourth-order valence-electron chi connectivity index (χ4n) is 8.27. The molecule has 0 N–H and O–H groups in total. The molecule has 142 valence electrons. The molecule has 2 aliphatic heterocycles. The zero-order valence-corrected chi connectivity index (χ0v) is 16.5. The van der Waals surface area contributed by atoms with Crippen LogP contribution in [0.15, 0.2) is 0 Å². The maximum atomic E-state index is 6.18. The molecule has 0 aromatic carbocycles. The molecule has 5 rings (SSSR count). The van der Waals surface area contributed by atoms with Crippen LogP contribution < -0.4 is 0 Å². The first-order valence-electron chi connectivity index (χ1n) is 11.0.